The Hall–Kier alpha value is -1.35. The highest BCUT2D eigenvalue weighted by molar-refractivity contribution is 5.88. The minimum absolute atomic E-state index is 0.154. The molecule has 1 aromatic carbocycles. The summed E-state index contributed by atoms with van der Waals surface area (Å²) in [5.74, 6) is 0.367. The first kappa shape index (κ1) is 11.1. The highest BCUT2D eigenvalue weighted by atomic mass is 16.5. The molecule has 0 bridgehead atoms. The number of phenolic OH excluding ortho intramolecular Hbond substituents is 1. The molecule has 0 saturated carbocycles. The van der Waals surface area contributed by atoms with E-state index < -0.39 is 5.41 Å². The number of ether oxygens (including phenoxy) is 1. The van der Waals surface area contributed by atoms with Crippen LogP contribution < -0.4 is 0 Å². The van der Waals surface area contributed by atoms with Crippen LogP contribution in [0, 0.1) is 0 Å². The topological polar surface area (TPSA) is 46.5 Å². The summed E-state index contributed by atoms with van der Waals surface area (Å²) < 4.78 is 5.31. The summed E-state index contributed by atoms with van der Waals surface area (Å²) in [4.78, 5) is 11.9. The molecule has 86 valence electrons. The molecule has 0 amide bonds. The Labute approximate surface area is 95.0 Å². The monoisotopic (exact) mass is 220 g/mol. The zero-order valence-corrected chi connectivity index (χ0v) is 9.40. The lowest BCUT2D eigenvalue weighted by Gasteiger charge is -2.35. The molecular weight excluding hydrogens is 204 g/mol. The first-order chi connectivity index (χ1) is 7.65. The molecular formula is C13H16O3. The standard InChI is InChI=1S/C13H16O3/c1-10(14)13(5-7-16-8-6-13)11-3-2-4-12(15)9-11/h2-4,9,15H,5-8H2,1H3. The van der Waals surface area contributed by atoms with Crippen LogP contribution in [-0.4, -0.2) is 24.1 Å². The number of carbonyl (C=O) groups is 1. The van der Waals surface area contributed by atoms with E-state index in [2.05, 4.69) is 0 Å². The molecule has 1 N–H and O–H groups in total. The van der Waals surface area contributed by atoms with Crippen LogP contribution in [0.4, 0.5) is 0 Å². The van der Waals surface area contributed by atoms with Crippen molar-refractivity contribution >= 4 is 5.78 Å². The van der Waals surface area contributed by atoms with Crippen LogP contribution in [0.3, 0.4) is 0 Å². The van der Waals surface area contributed by atoms with Crippen LogP contribution in [0.2, 0.25) is 0 Å². The molecule has 0 radical (unpaired) electrons. The van der Waals surface area contributed by atoms with Crippen molar-refractivity contribution < 1.29 is 14.6 Å². The summed E-state index contributed by atoms with van der Waals surface area (Å²) in [5.41, 5.74) is 0.445. The van der Waals surface area contributed by atoms with Gasteiger partial charge in [-0.25, -0.2) is 0 Å². The Morgan fingerprint density at radius 1 is 1.38 bits per heavy atom. The first-order valence-corrected chi connectivity index (χ1v) is 5.53. The molecule has 1 heterocycles. The maximum Gasteiger partial charge on any atom is 0.140 e. The second-order valence-corrected chi connectivity index (χ2v) is 4.30. The molecule has 0 atom stereocenters. The van der Waals surface area contributed by atoms with Crippen LogP contribution >= 0.6 is 0 Å². The van der Waals surface area contributed by atoms with Crippen molar-refractivity contribution in [2.45, 2.75) is 25.2 Å². The van der Waals surface area contributed by atoms with Crippen LogP contribution in [0.5, 0.6) is 5.75 Å². The number of hydrogen-bond acceptors (Lipinski definition) is 3. The smallest absolute Gasteiger partial charge is 0.140 e. The third-order valence-electron chi connectivity index (χ3n) is 3.42. The van der Waals surface area contributed by atoms with E-state index in [0.29, 0.717) is 26.1 Å². The number of carbonyl (C=O) groups excluding carboxylic acids is 1. The average molecular weight is 220 g/mol. The molecule has 16 heavy (non-hydrogen) atoms. The van der Waals surface area contributed by atoms with Gasteiger partial charge in [0, 0.05) is 13.2 Å². The minimum atomic E-state index is -0.461. The third kappa shape index (κ3) is 1.83. The number of Topliss-reactive ketones (excluding diaryl/α,β-unsaturated/α-hetero) is 1. The van der Waals surface area contributed by atoms with E-state index in [1.54, 1.807) is 25.1 Å². The molecule has 1 fully saturated rings. The van der Waals surface area contributed by atoms with E-state index in [4.69, 9.17) is 4.74 Å². The van der Waals surface area contributed by atoms with Gasteiger partial charge in [0.15, 0.2) is 0 Å². The Bertz CT molecular complexity index is 392. The fourth-order valence-electron chi connectivity index (χ4n) is 2.37. The lowest BCUT2D eigenvalue weighted by Crippen LogP contribution is -2.40. The highest BCUT2D eigenvalue weighted by Gasteiger charge is 2.38. The van der Waals surface area contributed by atoms with Gasteiger partial charge >= 0.3 is 0 Å². The zero-order chi connectivity index (χ0) is 11.6. The van der Waals surface area contributed by atoms with E-state index in [1.165, 1.54) is 0 Å². The summed E-state index contributed by atoms with van der Waals surface area (Å²) in [6, 6.07) is 7.00. The van der Waals surface area contributed by atoms with Crippen molar-refractivity contribution in [1.29, 1.82) is 0 Å². The Kier molecular flexibility index (Phi) is 2.97. The van der Waals surface area contributed by atoms with Crippen LogP contribution in [-0.2, 0) is 14.9 Å². The van der Waals surface area contributed by atoms with Gasteiger partial charge in [-0.2, -0.15) is 0 Å². The van der Waals surface area contributed by atoms with E-state index in [0.717, 1.165) is 5.56 Å². The van der Waals surface area contributed by atoms with E-state index >= 15 is 0 Å². The lowest BCUT2D eigenvalue weighted by atomic mass is 9.71. The molecule has 3 nitrogen and oxygen atoms in total. The summed E-state index contributed by atoms with van der Waals surface area (Å²) in [5, 5.41) is 9.50. The summed E-state index contributed by atoms with van der Waals surface area (Å²) in [7, 11) is 0. The van der Waals surface area contributed by atoms with Gasteiger partial charge in [0.2, 0.25) is 0 Å². The largest absolute Gasteiger partial charge is 0.508 e. The Morgan fingerprint density at radius 2 is 2.06 bits per heavy atom. The predicted molar refractivity (Wildman–Crippen MR) is 60.5 cm³/mol. The fourth-order valence-corrected chi connectivity index (χ4v) is 2.37. The van der Waals surface area contributed by atoms with Gasteiger partial charge in [-0.15, -0.1) is 0 Å². The Balaban J connectivity index is 2.42. The van der Waals surface area contributed by atoms with Crippen molar-refractivity contribution in [3.63, 3.8) is 0 Å². The lowest BCUT2D eigenvalue weighted by molar-refractivity contribution is -0.126. The van der Waals surface area contributed by atoms with Gasteiger partial charge in [-0.1, -0.05) is 12.1 Å². The van der Waals surface area contributed by atoms with Gasteiger partial charge < -0.3 is 9.84 Å². The molecule has 2 rings (SSSR count). The fraction of sp³-hybridized carbons (Fsp3) is 0.462. The Morgan fingerprint density at radius 3 is 2.62 bits per heavy atom. The molecule has 1 aliphatic heterocycles. The van der Waals surface area contributed by atoms with Crippen molar-refractivity contribution in [3.05, 3.63) is 29.8 Å². The molecule has 1 aromatic rings. The maximum atomic E-state index is 11.9. The van der Waals surface area contributed by atoms with Crippen LogP contribution in [0.25, 0.3) is 0 Å². The van der Waals surface area contributed by atoms with Crippen molar-refractivity contribution in [1.82, 2.24) is 0 Å². The molecule has 3 heteroatoms. The molecule has 0 aromatic heterocycles. The molecule has 0 aliphatic carbocycles. The van der Waals surface area contributed by atoms with E-state index in [1.807, 2.05) is 6.07 Å². The van der Waals surface area contributed by atoms with Crippen molar-refractivity contribution in [2.24, 2.45) is 0 Å². The summed E-state index contributed by atoms with van der Waals surface area (Å²) >= 11 is 0. The van der Waals surface area contributed by atoms with Gasteiger partial charge in [-0.3, -0.25) is 4.79 Å². The number of benzene rings is 1. The quantitative estimate of drug-likeness (QED) is 0.829. The molecule has 1 saturated heterocycles. The molecule has 0 spiro atoms. The third-order valence-corrected chi connectivity index (χ3v) is 3.42. The second-order valence-electron chi connectivity index (χ2n) is 4.30. The van der Waals surface area contributed by atoms with Crippen LogP contribution in [0.15, 0.2) is 24.3 Å². The van der Waals surface area contributed by atoms with Crippen molar-refractivity contribution in [3.8, 4) is 5.75 Å². The summed E-state index contributed by atoms with van der Waals surface area (Å²) in [6.45, 7) is 2.83. The van der Waals surface area contributed by atoms with Gasteiger partial charge in [0.1, 0.15) is 11.5 Å². The summed E-state index contributed by atoms with van der Waals surface area (Å²) in [6.07, 6.45) is 1.40. The van der Waals surface area contributed by atoms with Crippen molar-refractivity contribution in [2.75, 3.05) is 13.2 Å². The molecule has 0 unspecified atom stereocenters. The average Bonchev–Trinajstić information content (AvgIpc) is 2.30. The maximum absolute atomic E-state index is 11.9. The predicted octanol–water partition coefficient (Wildman–Crippen LogP) is 2.03. The second kappa shape index (κ2) is 4.26. The van der Waals surface area contributed by atoms with E-state index in [-0.39, 0.29) is 11.5 Å². The van der Waals surface area contributed by atoms with Gasteiger partial charge in [0.25, 0.3) is 0 Å². The first-order valence-electron chi connectivity index (χ1n) is 5.53. The molecule has 1 aliphatic rings. The minimum Gasteiger partial charge on any atom is -0.508 e. The number of aromatic hydroxyl groups is 1. The number of hydrogen-bond donors (Lipinski definition) is 1. The van der Waals surface area contributed by atoms with Crippen LogP contribution in [0.1, 0.15) is 25.3 Å². The normalized spacial score (nSPS) is 19.3. The number of ketones is 1. The number of rotatable bonds is 2. The van der Waals surface area contributed by atoms with Gasteiger partial charge in [-0.05, 0) is 37.5 Å². The van der Waals surface area contributed by atoms with E-state index in [9.17, 15) is 9.90 Å². The van der Waals surface area contributed by atoms with Gasteiger partial charge in [0.05, 0.1) is 5.41 Å². The highest BCUT2D eigenvalue weighted by Crippen LogP contribution is 2.36. The number of phenols is 1. The zero-order valence-electron chi connectivity index (χ0n) is 9.40. The SMILES string of the molecule is CC(=O)C1(c2cccc(O)c2)CCOCC1.